The van der Waals surface area contributed by atoms with Gasteiger partial charge in [-0.15, -0.1) is 0 Å². The Kier molecular flexibility index (Phi) is 3.10. The van der Waals surface area contributed by atoms with E-state index in [2.05, 4.69) is 16.7 Å². The van der Waals surface area contributed by atoms with E-state index in [1.54, 1.807) is 18.2 Å². The zero-order chi connectivity index (χ0) is 10.7. The maximum absolute atomic E-state index is 8.78. The van der Waals surface area contributed by atoms with E-state index in [1.165, 1.54) is 0 Å². The van der Waals surface area contributed by atoms with Crippen molar-refractivity contribution in [3.05, 3.63) is 28.8 Å². The van der Waals surface area contributed by atoms with E-state index < -0.39 is 0 Å². The molecule has 2 N–H and O–H groups in total. The second-order valence-electron chi connectivity index (χ2n) is 3.64. The molecule has 1 saturated heterocycles. The minimum atomic E-state index is 0.413. The number of hydrogen-bond donors (Lipinski definition) is 2. The van der Waals surface area contributed by atoms with Crippen LogP contribution in [0.15, 0.2) is 18.2 Å². The number of nitrogens with one attached hydrogen (secondary N) is 2. The van der Waals surface area contributed by atoms with Crippen LogP contribution in [0.1, 0.15) is 12.0 Å². The van der Waals surface area contributed by atoms with Gasteiger partial charge in [0.2, 0.25) is 0 Å². The Morgan fingerprint density at radius 1 is 1.53 bits per heavy atom. The zero-order valence-corrected chi connectivity index (χ0v) is 9.01. The molecule has 4 heteroatoms. The third-order valence-corrected chi connectivity index (χ3v) is 2.84. The van der Waals surface area contributed by atoms with Gasteiger partial charge in [-0.1, -0.05) is 11.6 Å². The van der Waals surface area contributed by atoms with Gasteiger partial charge in [-0.3, -0.25) is 0 Å². The lowest BCUT2D eigenvalue weighted by Crippen LogP contribution is -2.22. The molecule has 0 saturated carbocycles. The fourth-order valence-corrected chi connectivity index (χ4v) is 1.88. The number of benzene rings is 1. The summed E-state index contributed by atoms with van der Waals surface area (Å²) in [5.74, 6) is 0. The Bertz CT molecular complexity index is 391. The Hall–Kier alpha value is -1.24. The maximum Gasteiger partial charge on any atom is 0.0992 e. The monoisotopic (exact) mass is 221 g/mol. The summed E-state index contributed by atoms with van der Waals surface area (Å²) in [5.41, 5.74) is 1.48. The summed E-state index contributed by atoms with van der Waals surface area (Å²) in [7, 11) is 0. The van der Waals surface area contributed by atoms with Crippen molar-refractivity contribution in [1.29, 1.82) is 5.26 Å². The third-order valence-electron chi connectivity index (χ3n) is 2.52. The van der Waals surface area contributed by atoms with Crippen LogP contribution in [0, 0.1) is 11.3 Å². The van der Waals surface area contributed by atoms with E-state index >= 15 is 0 Å². The van der Waals surface area contributed by atoms with Crippen molar-refractivity contribution in [1.82, 2.24) is 5.32 Å². The van der Waals surface area contributed by atoms with Crippen LogP contribution in [0.2, 0.25) is 5.02 Å². The van der Waals surface area contributed by atoms with Crippen LogP contribution in [-0.4, -0.2) is 19.1 Å². The Morgan fingerprint density at radius 2 is 2.40 bits per heavy atom. The molecule has 0 aliphatic carbocycles. The van der Waals surface area contributed by atoms with E-state index in [0.717, 1.165) is 25.2 Å². The van der Waals surface area contributed by atoms with Gasteiger partial charge in [0, 0.05) is 12.6 Å². The lowest BCUT2D eigenvalue weighted by Gasteiger charge is -2.14. The molecule has 2 rings (SSSR count). The molecule has 0 radical (unpaired) electrons. The fraction of sp³-hybridized carbons (Fsp3) is 0.364. The lowest BCUT2D eigenvalue weighted by molar-refractivity contribution is 0.793. The average Bonchev–Trinajstić information content (AvgIpc) is 2.74. The van der Waals surface area contributed by atoms with Gasteiger partial charge >= 0.3 is 0 Å². The van der Waals surface area contributed by atoms with E-state index in [0.29, 0.717) is 16.6 Å². The summed E-state index contributed by atoms with van der Waals surface area (Å²) < 4.78 is 0. The molecule has 0 amide bonds. The zero-order valence-electron chi connectivity index (χ0n) is 8.26. The first kappa shape index (κ1) is 10.3. The van der Waals surface area contributed by atoms with Crippen molar-refractivity contribution in [2.45, 2.75) is 12.5 Å². The highest BCUT2D eigenvalue weighted by atomic mass is 35.5. The highest BCUT2D eigenvalue weighted by Crippen LogP contribution is 2.24. The maximum atomic E-state index is 8.78. The lowest BCUT2D eigenvalue weighted by atomic mass is 10.2. The SMILES string of the molecule is N#Cc1ccc(Cl)c(NC2CCNC2)c1. The van der Waals surface area contributed by atoms with Crippen molar-refractivity contribution in [2.24, 2.45) is 0 Å². The smallest absolute Gasteiger partial charge is 0.0992 e. The van der Waals surface area contributed by atoms with Gasteiger partial charge in [-0.05, 0) is 31.2 Å². The Morgan fingerprint density at radius 3 is 3.07 bits per heavy atom. The van der Waals surface area contributed by atoms with Gasteiger partial charge in [-0.2, -0.15) is 5.26 Å². The summed E-state index contributed by atoms with van der Waals surface area (Å²) in [6, 6.07) is 7.79. The summed E-state index contributed by atoms with van der Waals surface area (Å²) >= 11 is 6.04. The predicted molar refractivity (Wildman–Crippen MR) is 61.1 cm³/mol. The molecule has 1 heterocycles. The predicted octanol–water partition coefficient (Wildman–Crippen LogP) is 1.99. The molecule has 3 nitrogen and oxygen atoms in total. The number of nitriles is 1. The van der Waals surface area contributed by atoms with Gasteiger partial charge in [0.1, 0.15) is 0 Å². The summed E-state index contributed by atoms with van der Waals surface area (Å²) in [6.45, 7) is 1.99. The van der Waals surface area contributed by atoms with Crippen LogP contribution >= 0.6 is 11.6 Å². The van der Waals surface area contributed by atoms with E-state index in [9.17, 15) is 0 Å². The molecule has 1 atom stereocenters. The molecular formula is C11H12ClN3. The fourth-order valence-electron chi connectivity index (χ4n) is 1.70. The molecule has 0 spiro atoms. The highest BCUT2D eigenvalue weighted by Gasteiger charge is 2.15. The van der Waals surface area contributed by atoms with Crippen LogP contribution in [0.3, 0.4) is 0 Å². The molecule has 1 unspecified atom stereocenters. The summed E-state index contributed by atoms with van der Waals surface area (Å²) in [6.07, 6.45) is 1.09. The molecule has 1 aromatic carbocycles. The quantitative estimate of drug-likeness (QED) is 0.803. The normalized spacial score (nSPS) is 19.9. The van der Waals surface area contributed by atoms with Crippen molar-refractivity contribution in [2.75, 3.05) is 18.4 Å². The third kappa shape index (κ3) is 2.41. The second-order valence-corrected chi connectivity index (χ2v) is 4.05. The summed E-state index contributed by atoms with van der Waals surface area (Å²) in [4.78, 5) is 0. The van der Waals surface area contributed by atoms with Crippen molar-refractivity contribution >= 4 is 17.3 Å². The number of rotatable bonds is 2. The van der Waals surface area contributed by atoms with Crippen LogP contribution in [0.5, 0.6) is 0 Å². The first-order valence-corrected chi connectivity index (χ1v) is 5.34. The van der Waals surface area contributed by atoms with Crippen molar-refractivity contribution in [3.8, 4) is 6.07 Å². The molecule has 1 aliphatic rings. The molecule has 1 fully saturated rings. The molecule has 15 heavy (non-hydrogen) atoms. The second kappa shape index (κ2) is 4.52. The van der Waals surface area contributed by atoms with Gasteiger partial charge in [-0.25, -0.2) is 0 Å². The van der Waals surface area contributed by atoms with E-state index in [4.69, 9.17) is 16.9 Å². The minimum Gasteiger partial charge on any atom is -0.380 e. The van der Waals surface area contributed by atoms with E-state index in [1.807, 2.05) is 0 Å². The van der Waals surface area contributed by atoms with Crippen LogP contribution < -0.4 is 10.6 Å². The Balaban J connectivity index is 2.15. The average molecular weight is 222 g/mol. The van der Waals surface area contributed by atoms with Gasteiger partial charge in [0.15, 0.2) is 0 Å². The van der Waals surface area contributed by atoms with E-state index in [-0.39, 0.29) is 0 Å². The topological polar surface area (TPSA) is 47.9 Å². The summed E-state index contributed by atoms with van der Waals surface area (Å²) in [5, 5.41) is 16.1. The Labute approximate surface area is 94.0 Å². The molecule has 78 valence electrons. The standard InChI is InChI=1S/C11H12ClN3/c12-10-2-1-8(6-13)5-11(10)15-9-3-4-14-7-9/h1-2,5,9,14-15H,3-4,7H2. The van der Waals surface area contributed by atoms with Crippen LogP contribution in [-0.2, 0) is 0 Å². The van der Waals surface area contributed by atoms with Crippen molar-refractivity contribution in [3.63, 3.8) is 0 Å². The number of anilines is 1. The van der Waals surface area contributed by atoms with Crippen LogP contribution in [0.4, 0.5) is 5.69 Å². The number of nitrogens with zero attached hydrogens (tertiary/aromatic N) is 1. The van der Waals surface area contributed by atoms with Gasteiger partial charge in [0.25, 0.3) is 0 Å². The molecule has 1 aromatic rings. The van der Waals surface area contributed by atoms with Crippen LogP contribution in [0.25, 0.3) is 0 Å². The molecular weight excluding hydrogens is 210 g/mol. The van der Waals surface area contributed by atoms with Crippen molar-refractivity contribution < 1.29 is 0 Å². The first-order chi connectivity index (χ1) is 7.29. The minimum absolute atomic E-state index is 0.413. The van der Waals surface area contributed by atoms with Gasteiger partial charge in [0.05, 0.1) is 22.3 Å². The van der Waals surface area contributed by atoms with Gasteiger partial charge < -0.3 is 10.6 Å². The number of halogens is 1. The molecule has 1 aliphatic heterocycles. The molecule has 0 bridgehead atoms. The highest BCUT2D eigenvalue weighted by molar-refractivity contribution is 6.33. The first-order valence-electron chi connectivity index (χ1n) is 4.96. The molecule has 0 aromatic heterocycles. The number of hydrogen-bond acceptors (Lipinski definition) is 3. The largest absolute Gasteiger partial charge is 0.380 e.